The van der Waals surface area contributed by atoms with Crippen LogP contribution in [0.1, 0.15) is 29.5 Å². The fourth-order valence-corrected chi connectivity index (χ4v) is 4.18. The van der Waals surface area contributed by atoms with Crippen LogP contribution in [0.4, 0.5) is 0 Å². The molecule has 4 rings (SSSR count). The molecule has 3 heterocycles. The van der Waals surface area contributed by atoms with Gasteiger partial charge in [0.05, 0.1) is 11.0 Å². The second-order valence-electron chi connectivity index (χ2n) is 6.49. The van der Waals surface area contributed by atoms with Crippen molar-refractivity contribution in [3.8, 4) is 0 Å². The van der Waals surface area contributed by atoms with Gasteiger partial charge in [-0.3, -0.25) is 4.79 Å². The fraction of sp³-hybridized carbons (Fsp3) is 0.300. The van der Waals surface area contributed by atoms with Crippen LogP contribution in [-0.2, 0) is 11.8 Å². The van der Waals surface area contributed by atoms with Gasteiger partial charge in [-0.05, 0) is 42.5 Å². The Morgan fingerprint density at radius 2 is 2.16 bits per heavy atom. The number of carbonyl (C=O) groups excluding carboxylic acids is 1. The average molecular weight is 351 g/mol. The molecule has 4 nitrogen and oxygen atoms in total. The number of benzene rings is 1. The number of para-hydroxylation sites is 2. The number of amides is 1. The fourth-order valence-electron chi connectivity index (χ4n) is 3.56. The summed E-state index contributed by atoms with van der Waals surface area (Å²) in [6.45, 7) is 1.57. The minimum absolute atomic E-state index is 0.0943. The third-order valence-corrected chi connectivity index (χ3v) is 5.69. The number of thiophene rings is 1. The van der Waals surface area contributed by atoms with Gasteiger partial charge in [-0.15, -0.1) is 11.3 Å². The molecule has 3 aromatic rings. The van der Waals surface area contributed by atoms with Gasteiger partial charge in [0.25, 0.3) is 0 Å². The minimum Gasteiger partial charge on any atom is -0.338 e. The normalized spacial score (nSPS) is 18.3. The highest BCUT2D eigenvalue weighted by Crippen LogP contribution is 2.28. The molecule has 1 atom stereocenters. The summed E-state index contributed by atoms with van der Waals surface area (Å²) in [4.78, 5) is 20.4. The molecule has 5 heteroatoms. The maximum Gasteiger partial charge on any atom is 0.246 e. The van der Waals surface area contributed by atoms with Crippen molar-refractivity contribution in [1.82, 2.24) is 14.5 Å². The minimum atomic E-state index is 0.0943. The van der Waals surface area contributed by atoms with E-state index >= 15 is 0 Å². The number of carbonyl (C=O) groups is 1. The Labute approximate surface area is 151 Å². The van der Waals surface area contributed by atoms with Crippen molar-refractivity contribution in [3.05, 3.63) is 58.6 Å². The summed E-state index contributed by atoms with van der Waals surface area (Å²) in [5.74, 6) is 1.48. The summed E-state index contributed by atoms with van der Waals surface area (Å²) in [7, 11) is 2.07. The Morgan fingerprint density at radius 3 is 2.96 bits per heavy atom. The third-order valence-electron chi connectivity index (χ3n) is 4.85. The van der Waals surface area contributed by atoms with Gasteiger partial charge in [0.2, 0.25) is 5.91 Å². The van der Waals surface area contributed by atoms with E-state index in [1.165, 1.54) is 0 Å². The molecule has 0 bridgehead atoms. The summed E-state index contributed by atoms with van der Waals surface area (Å²) >= 11 is 1.64. The second-order valence-corrected chi connectivity index (χ2v) is 7.47. The topological polar surface area (TPSA) is 38.1 Å². The van der Waals surface area contributed by atoms with Gasteiger partial charge in [-0.25, -0.2) is 4.98 Å². The van der Waals surface area contributed by atoms with Crippen LogP contribution in [0.2, 0.25) is 0 Å². The van der Waals surface area contributed by atoms with Crippen LogP contribution < -0.4 is 0 Å². The molecular formula is C20H21N3OS. The first-order chi connectivity index (χ1) is 12.2. The molecule has 1 aliphatic heterocycles. The number of piperidine rings is 1. The Hall–Kier alpha value is -2.40. The standard InChI is InChI=1S/C20H21N3OS/c1-22-18-9-3-2-8-17(18)21-20(22)15-6-4-12-23(14-15)19(24)11-10-16-7-5-13-25-16/h2-3,5,7-11,13,15H,4,6,12,14H2,1H3/b11-10+. The van der Waals surface area contributed by atoms with E-state index < -0.39 is 0 Å². The number of likely N-dealkylation sites (tertiary alicyclic amines) is 1. The summed E-state index contributed by atoms with van der Waals surface area (Å²) in [5.41, 5.74) is 2.18. The largest absolute Gasteiger partial charge is 0.338 e. The molecule has 1 amide bonds. The summed E-state index contributed by atoms with van der Waals surface area (Å²) in [6.07, 6.45) is 5.71. The lowest BCUT2D eigenvalue weighted by Gasteiger charge is -2.31. The zero-order valence-corrected chi connectivity index (χ0v) is 15.1. The molecule has 1 fully saturated rings. The van der Waals surface area contributed by atoms with Gasteiger partial charge in [-0.2, -0.15) is 0 Å². The molecule has 128 valence electrons. The second kappa shape index (κ2) is 6.84. The first kappa shape index (κ1) is 16.1. The van der Waals surface area contributed by atoms with E-state index in [9.17, 15) is 4.79 Å². The van der Waals surface area contributed by atoms with Gasteiger partial charge in [-0.1, -0.05) is 18.2 Å². The molecule has 2 aromatic heterocycles. The van der Waals surface area contributed by atoms with Crippen LogP contribution in [0.5, 0.6) is 0 Å². The SMILES string of the molecule is Cn1c(C2CCCN(C(=O)/C=C/c3cccs3)C2)nc2ccccc21. The molecular weight excluding hydrogens is 330 g/mol. The smallest absolute Gasteiger partial charge is 0.246 e. The molecule has 0 radical (unpaired) electrons. The Kier molecular flexibility index (Phi) is 4.40. The lowest BCUT2D eigenvalue weighted by atomic mass is 9.97. The lowest BCUT2D eigenvalue weighted by Crippen LogP contribution is -2.38. The number of aryl methyl sites for hydroxylation is 1. The Morgan fingerprint density at radius 1 is 1.28 bits per heavy atom. The van der Waals surface area contributed by atoms with Crippen LogP contribution in [0, 0.1) is 0 Å². The van der Waals surface area contributed by atoms with Crippen molar-refractivity contribution >= 4 is 34.4 Å². The van der Waals surface area contributed by atoms with E-state index in [0.29, 0.717) is 5.92 Å². The average Bonchev–Trinajstić information content (AvgIpc) is 3.28. The number of aromatic nitrogens is 2. The molecule has 25 heavy (non-hydrogen) atoms. The van der Waals surface area contributed by atoms with Crippen molar-refractivity contribution < 1.29 is 4.79 Å². The van der Waals surface area contributed by atoms with Crippen LogP contribution in [0.25, 0.3) is 17.1 Å². The van der Waals surface area contributed by atoms with E-state index in [4.69, 9.17) is 4.98 Å². The summed E-state index contributed by atoms with van der Waals surface area (Å²) < 4.78 is 2.18. The molecule has 1 aliphatic rings. The van der Waals surface area contributed by atoms with Gasteiger partial charge in [0.15, 0.2) is 0 Å². The molecule has 1 saturated heterocycles. The van der Waals surface area contributed by atoms with Gasteiger partial charge in [0, 0.05) is 37.0 Å². The first-order valence-corrected chi connectivity index (χ1v) is 9.52. The van der Waals surface area contributed by atoms with Crippen molar-refractivity contribution in [2.75, 3.05) is 13.1 Å². The highest BCUT2D eigenvalue weighted by molar-refractivity contribution is 7.10. The highest BCUT2D eigenvalue weighted by atomic mass is 32.1. The number of nitrogens with zero attached hydrogens (tertiary/aromatic N) is 3. The molecule has 1 aromatic carbocycles. The zero-order chi connectivity index (χ0) is 17.2. The zero-order valence-electron chi connectivity index (χ0n) is 14.3. The third kappa shape index (κ3) is 3.24. The van der Waals surface area contributed by atoms with Crippen LogP contribution in [-0.4, -0.2) is 33.4 Å². The number of imidazole rings is 1. The summed E-state index contributed by atoms with van der Waals surface area (Å²) in [5, 5.41) is 2.02. The molecule has 1 unspecified atom stereocenters. The van der Waals surface area contributed by atoms with Crippen molar-refractivity contribution in [2.24, 2.45) is 7.05 Å². The van der Waals surface area contributed by atoms with E-state index in [1.54, 1.807) is 17.4 Å². The monoisotopic (exact) mass is 351 g/mol. The maximum atomic E-state index is 12.5. The number of rotatable bonds is 3. The first-order valence-electron chi connectivity index (χ1n) is 8.64. The molecule has 0 N–H and O–H groups in total. The van der Waals surface area contributed by atoms with Crippen molar-refractivity contribution in [1.29, 1.82) is 0 Å². The predicted octanol–water partition coefficient (Wildman–Crippen LogP) is 4.05. The van der Waals surface area contributed by atoms with Gasteiger partial charge < -0.3 is 9.47 Å². The van der Waals surface area contributed by atoms with Crippen LogP contribution in [0.3, 0.4) is 0 Å². The molecule has 0 aliphatic carbocycles. The maximum absolute atomic E-state index is 12.5. The molecule has 0 spiro atoms. The quantitative estimate of drug-likeness (QED) is 0.668. The molecule has 0 saturated carbocycles. The van der Waals surface area contributed by atoms with Gasteiger partial charge in [0.1, 0.15) is 5.82 Å². The predicted molar refractivity (Wildman–Crippen MR) is 103 cm³/mol. The summed E-state index contributed by atoms with van der Waals surface area (Å²) in [6, 6.07) is 12.2. The van der Waals surface area contributed by atoms with E-state index in [-0.39, 0.29) is 5.91 Å². The van der Waals surface area contributed by atoms with Gasteiger partial charge >= 0.3 is 0 Å². The highest BCUT2D eigenvalue weighted by Gasteiger charge is 2.27. The van der Waals surface area contributed by atoms with Crippen LogP contribution in [0.15, 0.2) is 47.9 Å². The van der Waals surface area contributed by atoms with E-state index in [2.05, 4.69) is 17.7 Å². The van der Waals surface area contributed by atoms with Crippen molar-refractivity contribution in [3.63, 3.8) is 0 Å². The Balaban J connectivity index is 1.52. The lowest BCUT2D eigenvalue weighted by molar-refractivity contribution is -0.127. The van der Waals surface area contributed by atoms with E-state index in [0.717, 1.165) is 47.7 Å². The Bertz CT molecular complexity index is 910. The van der Waals surface area contributed by atoms with Crippen molar-refractivity contribution in [2.45, 2.75) is 18.8 Å². The number of fused-ring (bicyclic) bond motifs is 1. The van der Waals surface area contributed by atoms with E-state index in [1.807, 2.05) is 46.7 Å². The number of hydrogen-bond donors (Lipinski definition) is 0. The number of hydrogen-bond acceptors (Lipinski definition) is 3. The van der Waals surface area contributed by atoms with Crippen LogP contribution >= 0.6 is 11.3 Å².